The molecule has 12 heavy (non-hydrogen) atoms. The topological polar surface area (TPSA) is 0 Å². The van der Waals surface area contributed by atoms with Crippen molar-refractivity contribution >= 4 is 0 Å². The largest absolute Gasteiger partial charge is 0.0954 e. The molecule has 4 aliphatic carbocycles. The number of rotatable bonds is 0. The van der Waals surface area contributed by atoms with Gasteiger partial charge in [-0.3, -0.25) is 0 Å². The predicted molar refractivity (Wildman–Crippen MR) is 50.6 cm³/mol. The minimum atomic E-state index is 0.726. The molecular weight excluding hydrogens is 144 g/mol. The molecule has 3 atom stereocenters. The molecule has 0 aromatic carbocycles. The molecule has 0 N–H and O–H groups in total. The van der Waals surface area contributed by atoms with E-state index in [1.807, 2.05) is 5.92 Å². The van der Waals surface area contributed by atoms with Gasteiger partial charge in [-0.25, -0.2) is 0 Å². The van der Waals surface area contributed by atoms with Gasteiger partial charge in [-0.15, -0.1) is 0 Å². The molecule has 0 heteroatoms. The Morgan fingerprint density at radius 2 is 1.67 bits per heavy atom. The lowest BCUT2D eigenvalue weighted by atomic mass is 9.45. The van der Waals surface area contributed by atoms with Gasteiger partial charge in [0.1, 0.15) is 0 Å². The summed E-state index contributed by atoms with van der Waals surface area (Å²) >= 11 is 0. The minimum Gasteiger partial charge on any atom is -0.0555 e. The molecule has 0 radical (unpaired) electrons. The van der Waals surface area contributed by atoms with Crippen LogP contribution in [0.25, 0.3) is 0 Å². The third-order valence-corrected chi connectivity index (χ3v) is 4.35. The van der Waals surface area contributed by atoms with Crippen LogP contribution in [0.15, 0.2) is 0 Å². The average Bonchev–Trinajstić information content (AvgIpc) is 1.75. The summed E-state index contributed by atoms with van der Waals surface area (Å²) in [6.45, 7) is 5.05. The summed E-state index contributed by atoms with van der Waals surface area (Å²) in [5.41, 5.74) is 1.45. The minimum absolute atomic E-state index is 0.726. The van der Waals surface area contributed by atoms with Crippen molar-refractivity contribution in [1.82, 2.24) is 0 Å². The van der Waals surface area contributed by atoms with Crippen LogP contribution in [0.3, 0.4) is 0 Å². The van der Waals surface area contributed by atoms with Crippen molar-refractivity contribution < 1.29 is 0 Å². The van der Waals surface area contributed by atoms with Gasteiger partial charge in [-0.2, -0.15) is 0 Å². The van der Waals surface area contributed by atoms with Gasteiger partial charge in [0, 0.05) is 16.7 Å². The second-order valence-electron chi connectivity index (χ2n) is 6.38. The molecule has 0 aromatic rings. The molecule has 0 amide bonds. The Morgan fingerprint density at radius 1 is 1.08 bits per heavy atom. The van der Waals surface area contributed by atoms with E-state index in [9.17, 15) is 0 Å². The molecule has 66 valence electrons. The normalized spacial score (nSPS) is 56.5. The van der Waals surface area contributed by atoms with Crippen LogP contribution in [0, 0.1) is 22.7 Å². The molecule has 0 saturated heterocycles. The first-order valence-corrected chi connectivity index (χ1v) is 5.41. The first-order valence-electron chi connectivity index (χ1n) is 5.41. The highest BCUT2D eigenvalue weighted by Crippen LogP contribution is 2.65. The zero-order valence-corrected chi connectivity index (χ0v) is 8.32. The lowest BCUT2D eigenvalue weighted by molar-refractivity contribution is -0.0372. The van der Waals surface area contributed by atoms with Crippen molar-refractivity contribution in [3.05, 3.63) is 5.92 Å². The summed E-state index contributed by atoms with van der Waals surface area (Å²) in [6.07, 6.45) is 9.02. The van der Waals surface area contributed by atoms with Crippen LogP contribution < -0.4 is 0 Å². The maximum atomic E-state index is 2.52. The molecule has 0 aliphatic heterocycles. The number of hydrogen-bond donors (Lipinski definition) is 0. The summed E-state index contributed by atoms with van der Waals surface area (Å²) in [5.74, 6) is 2.99. The van der Waals surface area contributed by atoms with E-state index >= 15 is 0 Å². The Balaban J connectivity index is 1.98. The van der Waals surface area contributed by atoms with E-state index in [2.05, 4.69) is 13.8 Å². The smallest absolute Gasteiger partial charge is 0.0555 e. The van der Waals surface area contributed by atoms with Gasteiger partial charge < -0.3 is 0 Å². The monoisotopic (exact) mass is 163 g/mol. The maximum absolute atomic E-state index is 2.52. The molecule has 0 aromatic heterocycles. The van der Waals surface area contributed by atoms with Crippen molar-refractivity contribution in [3.8, 4) is 0 Å². The van der Waals surface area contributed by atoms with E-state index in [1.165, 1.54) is 38.5 Å². The number of hydrogen-bond acceptors (Lipinski definition) is 0. The van der Waals surface area contributed by atoms with E-state index in [1.54, 1.807) is 0 Å². The van der Waals surface area contributed by atoms with Crippen molar-refractivity contribution in [3.63, 3.8) is 0 Å². The van der Waals surface area contributed by atoms with E-state index in [0.29, 0.717) is 0 Å². The SMILES string of the molecule is C[C@]12C[C+]3CC(C1)C[C@@](C)(C3)C2. The molecule has 4 saturated carbocycles. The predicted octanol–water partition coefficient (Wildman–Crippen LogP) is 3.57. The maximum Gasteiger partial charge on any atom is 0.0954 e. The van der Waals surface area contributed by atoms with E-state index in [4.69, 9.17) is 0 Å². The molecule has 4 rings (SSSR count). The van der Waals surface area contributed by atoms with E-state index in [-0.39, 0.29) is 0 Å². The Labute approximate surface area is 75.7 Å². The van der Waals surface area contributed by atoms with Crippen LogP contribution in [0.2, 0.25) is 0 Å². The third kappa shape index (κ3) is 0.870. The van der Waals surface area contributed by atoms with Crippen molar-refractivity contribution in [2.75, 3.05) is 0 Å². The van der Waals surface area contributed by atoms with Crippen LogP contribution in [0.5, 0.6) is 0 Å². The molecular formula is C12H19+. The highest BCUT2D eigenvalue weighted by Gasteiger charge is 2.59. The fourth-order valence-corrected chi connectivity index (χ4v) is 4.88. The van der Waals surface area contributed by atoms with Crippen LogP contribution in [0.4, 0.5) is 0 Å². The standard InChI is InChI=1S/C12H19/c1-11-4-9-3-10(5-11)7-12(2,6-9)8-11/h9H,3-8H2,1-2H3/q+1/t9?,11-,12+. The summed E-state index contributed by atoms with van der Waals surface area (Å²) in [7, 11) is 0. The fraction of sp³-hybridized carbons (Fsp3) is 0.917. The Bertz CT molecular complexity index is 182. The third-order valence-electron chi connectivity index (χ3n) is 4.35. The molecule has 4 fully saturated rings. The molecule has 0 nitrogen and oxygen atoms in total. The van der Waals surface area contributed by atoms with Crippen molar-refractivity contribution in [2.45, 2.75) is 52.4 Å². The Hall–Kier alpha value is -0.130. The van der Waals surface area contributed by atoms with Crippen LogP contribution >= 0.6 is 0 Å². The van der Waals surface area contributed by atoms with Crippen LogP contribution in [0.1, 0.15) is 52.4 Å². The van der Waals surface area contributed by atoms with Gasteiger partial charge in [0.25, 0.3) is 0 Å². The summed E-state index contributed by atoms with van der Waals surface area (Å²) < 4.78 is 0. The fourth-order valence-electron chi connectivity index (χ4n) is 4.88. The molecule has 1 unspecified atom stereocenters. The summed E-state index contributed by atoms with van der Waals surface area (Å²) in [6, 6.07) is 0. The van der Waals surface area contributed by atoms with Crippen LogP contribution in [-0.4, -0.2) is 0 Å². The van der Waals surface area contributed by atoms with Crippen molar-refractivity contribution in [1.29, 1.82) is 0 Å². The molecule has 0 spiro atoms. The van der Waals surface area contributed by atoms with Gasteiger partial charge in [0.2, 0.25) is 0 Å². The summed E-state index contributed by atoms with van der Waals surface area (Å²) in [5, 5.41) is 0. The Morgan fingerprint density at radius 3 is 2.08 bits per heavy atom. The van der Waals surface area contributed by atoms with Crippen LogP contribution in [-0.2, 0) is 0 Å². The van der Waals surface area contributed by atoms with Gasteiger partial charge in [0.05, 0.1) is 25.2 Å². The molecule has 4 bridgehead atoms. The lowest BCUT2D eigenvalue weighted by Gasteiger charge is -2.54. The van der Waals surface area contributed by atoms with E-state index < -0.39 is 0 Å². The first-order chi connectivity index (χ1) is 5.57. The second kappa shape index (κ2) is 1.86. The molecule has 4 aliphatic rings. The zero-order chi connectivity index (χ0) is 8.40. The zero-order valence-electron chi connectivity index (χ0n) is 8.32. The van der Waals surface area contributed by atoms with Gasteiger partial charge in [0.15, 0.2) is 0 Å². The highest BCUT2D eigenvalue weighted by molar-refractivity contribution is 5.16. The van der Waals surface area contributed by atoms with Crippen molar-refractivity contribution in [2.24, 2.45) is 16.7 Å². The highest BCUT2D eigenvalue weighted by atomic mass is 14.6. The second-order valence-corrected chi connectivity index (χ2v) is 6.38. The van der Waals surface area contributed by atoms with E-state index in [0.717, 1.165) is 16.7 Å². The first kappa shape index (κ1) is 7.29. The summed E-state index contributed by atoms with van der Waals surface area (Å²) in [4.78, 5) is 0. The Kier molecular flexibility index (Phi) is 1.13. The lowest BCUT2D eigenvalue weighted by Crippen LogP contribution is -2.48. The average molecular weight is 163 g/mol. The molecule has 0 heterocycles. The van der Waals surface area contributed by atoms with Gasteiger partial charge in [-0.05, 0) is 19.3 Å². The quantitative estimate of drug-likeness (QED) is 0.479. The van der Waals surface area contributed by atoms with Gasteiger partial charge >= 0.3 is 0 Å². The van der Waals surface area contributed by atoms with Gasteiger partial charge in [-0.1, -0.05) is 13.8 Å².